The molecule has 5 aromatic rings. The molecule has 0 bridgehead atoms. The fourth-order valence-electron chi connectivity index (χ4n) is 3.70. The van der Waals surface area contributed by atoms with Crippen molar-refractivity contribution in [3.8, 4) is 22.5 Å². The maximum atomic E-state index is 5.51. The Morgan fingerprint density at radius 3 is 1.63 bits per heavy atom. The summed E-state index contributed by atoms with van der Waals surface area (Å²) in [6.45, 7) is 0. The number of anilines is 3. The Bertz CT molecular complexity index is 1170. The molecule has 0 aliphatic carbocycles. The van der Waals surface area contributed by atoms with Crippen molar-refractivity contribution in [1.29, 1.82) is 0 Å². The van der Waals surface area contributed by atoms with Crippen molar-refractivity contribution in [3.63, 3.8) is 0 Å². The van der Waals surface area contributed by atoms with Gasteiger partial charge in [0.15, 0.2) is 0 Å². The van der Waals surface area contributed by atoms with Gasteiger partial charge in [0.05, 0.1) is 6.26 Å². The normalized spacial score (nSPS) is 10.7. The van der Waals surface area contributed by atoms with Gasteiger partial charge in [0.2, 0.25) is 0 Å². The highest BCUT2D eigenvalue weighted by Gasteiger charge is 2.12. The minimum absolute atomic E-state index is 0.884. The van der Waals surface area contributed by atoms with Crippen LogP contribution >= 0.6 is 0 Å². The van der Waals surface area contributed by atoms with Crippen LogP contribution < -0.4 is 4.90 Å². The first kappa shape index (κ1) is 18.0. The van der Waals surface area contributed by atoms with Crippen LogP contribution in [0.15, 0.2) is 132 Å². The lowest BCUT2D eigenvalue weighted by atomic mass is 10.0. The van der Waals surface area contributed by atoms with E-state index in [9.17, 15) is 0 Å². The molecule has 2 nitrogen and oxygen atoms in total. The van der Waals surface area contributed by atoms with Crippen LogP contribution in [0, 0.1) is 0 Å². The lowest BCUT2D eigenvalue weighted by molar-refractivity contribution is 0.582. The molecule has 1 heterocycles. The lowest BCUT2D eigenvalue weighted by Crippen LogP contribution is -2.09. The monoisotopic (exact) mass is 387 g/mol. The van der Waals surface area contributed by atoms with Gasteiger partial charge in [0, 0.05) is 22.6 Å². The number of hydrogen-bond acceptors (Lipinski definition) is 2. The Morgan fingerprint density at radius 1 is 0.433 bits per heavy atom. The van der Waals surface area contributed by atoms with Gasteiger partial charge in [-0.15, -0.1) is 0 Å². The van der Waals surface area contributed by atoms with Crippen LogP contribution in [0.2, 0.25) is 0 Å². The van der Waals surface area contributed by atoms with Gasteiger partial charge in [-0.2, -0.15) is 0 Å². The van der Waals surface area contributed by atoms with Crippen molar-refractivity contribution in [2.24, 2.45) is 0 Å². The van der Waals surface area contributed by atoms with Crippen LogP contribution in [0.5, 0.6) is 0 Å². The highest BCUT2D eigenvalue weighted by molar-refractivity contribution is 5.80. The summed E-state index contributed by atoms with van der Waals surface area (Å²) in [5, 5.41) is 0. The smallest absolute Gasteiger partial charge is 0.133 e. The summed E-state index contributed by atoms with van der Waals surface area (Å²) in [4.78, 5) is 2.28. The van der Waals surface area contributed by atoms with Crippen LogP contribution in [0.3, 0.4) is 0 Å². The van der Waals surface area contributed by atoms with E-state index in [-0.39, 0.29) is 0 Å². The average Bonchev–Trinajstić information content (AvgIpc) is 3.36. The molecule has 0 amide bonds. The number of benzene rings is 4. The molecule has 0 atom stereocenters. The zero-order chi connectivity index (χ0) is 20.2. The molecule has 0 spiro atoms. The maximum Gasteiger partial charge on any atom is 0.133 e. The van der Waals surface area contributed by atoms with E-state index in [1.807, 2.05) is 24.3 Å². The second kappa shape index (κ2) is 8.14. The van der Waals surface area contributed by atoms with Crippen molar-refractivity contribution in [2.75, 3.05) is 4.90 Å². The van der Waals surface area contributed by atoms with E-state index >= 15 is 0 Å². The molecule has 0 aliphatic heterocycles. The maximum absolute atomic E-state index is 5.51. The molecule has 144 valence electrons. The molecule has 0 aliphatic rings. The number of furan rings is 1. The van der Waals surface area contributed by atoms with Crippen molar-refractivity contribution >= 4 is 17.1 Å². The topological polar surface area (TPSA) is 16.4 Å². The molecule has 2 heteroatoms. The number of nitrogens with zero attached hydrogens (tertiary/aromatic N) is 1. The van der Waals surface area contributed by atoms with Gasteiger partial charge in [-0.25, -0.2) is 0 Å². The summed E-state index contributed by atoms with van der Waals surface area (Å²) in [5.74, 6) is 0.884. The quantitative estimate of drug-likeness (QED) is 0.303. The van der Waals surface area contributed by atoms with Crippen LogP contribution in [-0.2, 0) is 0 Å². The zero-order valence-electron chi connectivity index (χ0n) is 16.5. The molecule has 5 rings (SSSR count). The van der Waals surface area contributed by atoms with E-state index in [2.05, 4.69) is 102 Å². The lowest BCUT2D eigenvalue weighted by Gasteiger charge is -2.25. The van der Waals surface area contributed by atoms with Gasteiger partial charge in [-0.3, -0.25) is 0 Å². The first-order valence-corrected chi connectivity index (χ1v) is 10.0. The largest absolute Gasteiger partial charge is 0.464 e. The van der Waals surface area contributed by atoms with Crippen LogP contribution in [0.25, 0.3) is 22.5 Å². The molecule has 4 aromatic carbocycles. The van der Waals surface area contributed by atoms with Gasteiger partial charge < -0.3 is 9.32 Å². The summed E-state index contributed by atoms with van der Waals surface area (Å²) in [5.41, 5.74) is 6.82. The minimum atomic E-state index is 0.884. The van der Waals surface area contributed by atoms with Crippen molar-refractivity contribution in [1.82, 2.24) is 0 Å². The number of para-hydroxylation sites is 2. The zero-order valence-corrected chi connectivity index (χ0v) is 16.5. The van der Waals surface area contributed by atoms with E-state index in [4.69, 9.17) is 4.42 Å². The van der Waals surface area contributed by atoms with E-state index in [1.165, 1.54) is 11.1 Å². The molecular formula is C28H21NO. The van der Waals surface area contributed by atoms with E-state index < -0.39 is 0 Å². The second-order valence-electron chi connectivity index (χ2n) is 7.11. The molecule has 0 fully saturated rings. The van der Waals surface area contributed by atoms with Crippen molar-refractivity contribution < 1.29 is 4.42 Å². The van der Waals surface area contributed by atoms with Crippen LogP contribution in [0.4, 0.5) is 17.1 Å². The van der Waals surface area contributed by atoms with Gasteiger partial charge in [-0.1, -0.05) is 72.8 Å². The molecule has 0 saturated carbocycles. The summed E-state index contributed by atoms with van der Waals surface area (Å²) in [6.07, 6.45) is 1.70. The third kappa shape index (κ3) is 3.63. The highest BCUT2D eigenvalue weighted by Crippen LogP contribution is 2.36. The Labute approximate surface area is 176 Å². The Morgan fingerprint density at radius 2 is 1.03 bits per heavy atom. The molecule has 1 aromatic heterocycles. The van der Waals surface area contributed by atoms with Gasteiger partial charge in [0.25, 0.3) is 0 Å². The molecule has 0 unspecified atom stereocenters. The second-order valence-corrected chi connectivity index (χ2v) is 7.11. The highest BCUT2D eigenvalue weighted by atomic mass is 16.3. The van der Waals surface area contributed by atoms with Crippen LogP contribution in [-0.4, -0.2) is 0 Å². The summed E-state index contributed by atoms with van der Waals surface area (Å²) in [6, 6.07) is 42.0. The Kier molecular flexibility index (Phi) is 4.89. The van der Waals surface area contributed by atoms with Gasteiger partial charge in [0.1, 0.15) is 5.76 Å². The third-order valence-electron chi connectivity index (χ3n) is 5.16. The number of rotatable bonds is 5. The molecule has 30 heavy (non-hydrogen) atoms. The predicted molar refractivity (Wildman–Crippen MR) is 124 cm³/mol. The van der Waals surface area contributed by atoms with E-state index in [0.29, 0.717) is 0 Å². The SMILES string of the molecule is c1ccc(N(c2ccccc2)c2cccc(-c3ccc(-c4ccco4)cc3)c2)cc1. The summed E-state index contributed by atoms with van der Waals surface area (Å²) < 4.78 is 5.51. The Hall–Kier alpha value is -4.04. The predicted octanol–water partition coefficient (Wildman–Crippen LogP) is 8.08. The standard InChI is InChI=1S/C28H21NO/c1-3-10-25(11-4-1)29(26-12-5-2-6-13-26)27-14-7-9-24(21-27)22-16-18-23(19-17-22)28-15-8-20-30-28/h1-21H. The fourth-order valence-corrected chi connectivity index (χ4v) is 3.70. The summed E-state index contributed by atoms with van der Waals surface area (Å²) >= 11 is 0. The minimum Gasteiger partial charge on any atom is -0.464 e. The average molecular weight is 387 g/mol. The molecule has 0 N–H and O–H groups in total. The molecule has 0 saturated heterocycles. The van der Waals surface area contributed by atoms with Crippen LogP contribution in [0.1, 0.15) is 0 Å². The van der Waals surface area contributed by atoms with Gasteiger partial charge in [-0.05, 0) is 59.7 Å². The molecule has 0 radical (unpaired) electrons. The van der Waals surface area contributed by atoms with Crippen molar-refractivity contribution in [2.45, 2.75) is 0 Å². The van der Waals surface area contributed by atoms with Gasteiger partial charge >= 0.3 is 0 Å². The van der Waals surface area contributed by atoms with Crippen molar-refractivity contribution in [3.05, 3.63) is 128 Å². The first-order chi connectivity index (χ1) is 14.9. The first-order valence-electron chi connectivity index (χ1n) is 10.0. The molecular weight excluding hydrogens is 366 g/mol. The third-order valence-corrected chi connectivity index (χ3v) is 5.16. The van der Waals surface area contributed by atoms with E-state index in [0.717, 1.165) is 28.4 Å². The van der Waals surface area contributed by atoms with E-state index in [1.54, 1.807) is 6.26 Å². The Balaban J connectivity index is 1.54. The summed E-state index contributed by atoms with van der Waals surface area (Å²) in [7, 11) is 0. The fraction of sp³-hybridized carbons (Fsp3) is 0. The number of hydrogen-bond donors (Lipinski definition) is 0.